The number of carboxylic acid groups (broad SMARTS) is 1. The second kappa shape index (κ2) is 5.46. The van der Waals surface area contributed by atoms with Crippen molar-refractivity contribution in [3.05, 3.63) is 12.7 Å². The minimum absolute atomic E-state index is 0.0808. The van der Waals surface area contributed by atoms with Crippen LogP contribution in [0.5, 0.6) is 0 Å². The first-order valence-electron chi connectivity index (χ1n) is 3.29. The van der Waals surface area contributed by atoms with Gasteiger partial charge in [-0.3, -0.25) is 9.59 Å². The van der Waals surface area contributed by atoms with Crippen LogP contribution in [0.1, 0.15) is 12.8 Å². The van der Waals surface area contributed by atoms with Gasteiger partial charge in [0.05, 0.1) is 0 Å². The SMILES string of the molecule is C=CC(=O)NCCCC(=O)O. The third-order valence-electron chi connectivity index (χ3n) is 1.05. The Hall–Kier alpha value is -1.32. The van der Waals surface area contributed by atoms with Gasteiger partial charge in [0.15, 0.2) is 0 Å². The maximum Gasteiger partial charge on any atom is 0.303 e. The molecule has 0 rings (SSSR count). The standard InChI is InChI=1S/C7H11NO3/c1-2-6(9)8-5-3-4-7(10)11/h2H,1,3-5H2,(H,8,9)(H,10,11). The Balaban J connectivity index is 3.21. The monoisotopic (exact) mass is 157 g/mol. The highest BCUT2D eigenvalue weighted by molar-refractivity contribution is 5.86. The molecule has 4 nitrogen and oxygen atoms in total. The quantitative estimate of drug-likeness (QED) is 0.441. The Morgan fingerprint density at radius 1 is 1.55 bits per heavy atom. The Labute approximate surface area is 64.9 Å². The molecule has 0 heterocycles. The van der Waals surface area contributed by atoms with Crippen molar-refractivity contribution in [1.29, 1.82) is 0 Å². The van der Waals surface area contributed by atoms with Gasteiger partial charge in [-0.25, -0.2) is 0 Å². The van der Waals surface area contributed by atoms with Gasteiger partial charge in [-0.05, 0) is 12.5 Å². The molecule has 0 atom stereocenters. The number of hydrogen-bond acceptors (Lipinski definition) is 2. The Bertz CT molecular complexity index is 165. The Morgan fingerprint density at radius 2 is 2.18 bits per heavy atom. The highest BCUT2D eigenvalue weighted by Gasteiger charge is 1.96. The smallest absolute Gasteiger partial charge is 0.303 e. The van der Waals surface area contributed by atoms with Gasteiger partial charge in [0, 0.05) is 13.0 Å². The summed E-state index contributed by atoms with van der Waals surface area (Å²) in [6.45, 7) is 3.63. The van der Waals surface area contributed by atoms with Gasteiger partial charge in [-0.2, -0.15) is 0 Å². The second-order valence-electron chi connectivity index (χ2n) is 1.99. The fraction of sp³-hybridized carbons (Fsp3) is 0.429. The van der Waals surface area contributed by atoms with Crippen molar-refractivity contribution in [2.45, 2.75) is 12.8 Å². The van der Waals surface area contributed by atoms with Crippen LogP contribution in [0.15, 0.2) is 12.7 Å². The molecule has 0 spiro atoms. The predicted molar refractivity (Wildman–Crippen MR) is 40.1 cm³/mol. The average Bonchev–Trinajstić information content (AvgIpc) is 1.97. The lowest BCUT2D eigenvalue weighted by Crippen LogP contribution is -2.22. The molecule has 1 amide bonds. The average molecular weight is 157 g/mol. The van der Waals surface area contributed by atoms with Crippen LogP contribution in [0.3, 0.4) is 0 Å². The van der Waals surface area contributed by atoms with E-state index in [4.69, 9.17) is 5.11 Å². The molecule has 0 aromatic heterocycles. The number of carbonyl (C=O) groups is 2. The van der Waals surface area contributed by atoms with Gasteiger partial charge in [0.2, 0.25) is 5.91 Å². The van der Waals surface area contributed by atoms with Crippen molar-refractivity contribution in [2.24, 2.45) is 0 Å². The zero-order valence-electron chi connectivity index (χ0n) is 6.17. The minimum atomic E-state index is -0.849. The number of hydrogen-bond donors (Lipinski definition) is 2. The van der Waals surface area contributed by atoms with Gasteiger partial charge in [-0.1, -0.05) is 6.58 Å². The van der Waals surface area contributed by atoms with Crippen LogP contribution in [-0.4, -0.2) is 23.5 Å². The van der Waals surface area contributed by atoms with E-state index in [2.05, 4.69) is 11.9 Å². The minimum Gasteiger partial charge on any atom is -0.481 e. The lowest BCUT2D eigenvalue weighted by molar-refractivity contribution is -0.137. The molecule has 0 aromatic rings. The van der Waals surface area contributed by atoms with Crippen LogP contribution in [-0.2, 0) is 9.59 Å². The summed E-state index contributed by atoms with van der Waals surface area (Å²) in [4.78, 5) is 20.5. The summed E-state index contributed by atoms with van der Waals surface area (Å²) in [5, 5.41) is 10.7. The van der Waals surface area contributed by atoms with E-state index in [1.807, 2.05) is 0 Å². The molecular weight excluding hydrogens is 146 g/mol. The summed E-state index contributed by atoms with van der Waals surface area (Å²) >= 11 is 0. The molecule has 0 radical (unpaired) electrons. The first-order valence-corrected chi connectivity index (χ1v) is 3.29. The molecule has 0 aliphatic rings. The van der Waals surface area contributed by atoms with Crippen molar-refractivity contribution < 1.29 is 14.7 Å². The number of aliphatic carboxylic acids is 1. The van der Waals surface area contributed by atoms with Gasteiger partial charge >= 0.3 is 5.97 Å². The Morgan fingerprint density at radius 3 is 2.64 bits per heavy atom. The van der Waals surface area contributed by atoms with Crippen molar-refractivity contribution in [2.75, 3.05) is 6.54 Å². The zero-order valence-corrected chi connectivity index (χ0v) is 6.17. The van der Waals surface area contributed by atoms with Crippen LogP contribution >= 0.6 is 0 Å². The summed E-state index contributed by atoms with van der Waals surface area (Å²) in [5.41, 5.74) is 0. The van der Waals surface area contributed by atoms with Crippen LogP contribution in [0, 0.1) is 0 Å². The van der Waals surface area contributed by atoms with Gasteiger partial charge in [0.25, 0.3) is 0 Å². The van der Waals surface area contributed by atoms with Crippen molar-refractivity contribution in [3.63, 3.8) is 0 Å². The molecule has 0 fully saturated rings. The molecule has 0 saturated carbocycles. The third kappa shape index (κ3) is 6.57. The number of nitrogens with one attached hydrogen (secondary N) is 1. The van der Waals surface area contributed by atoms with Crippen molar-refractivity contribution >= 4 is 11.9 Å². The topological polar surface area (TPSA) is 66.4 Å². The summed E-state index contributed by atoms with van der Waals surface area (Å²) in [6.07, 6.45) is 1.69. The lowest BCUT2D eigenvalue weighted by Gasteiger charge is -1.98. The first-order chi connectivity index (χ1) is 5.16. The highest BCUT2D eigenvalue weighted by atomic mass is 16.4. The summed E-state index contributed by atoms with van der Waals surface area (Å²) in [6, 6.07) is 0. The molecule has 2 N–H and O–H groups in total. The molecular formula is C7H11NO3. The van der Waals surface area contributed by atoms with Crippen molar-refractivity contribution in [1.82, 2.24) is 5.32 Å². The fourth-order valence-corrected chi connectivity index (χ4v) is 0.523. The molecule has 0 bridgehead atoms. The summed E-state index contributed by atoms with van der Waals surface area (Å²) in [7, 11) is 0. The predicted octanol–water partition coefficient (Wildman–Crippen LogP) is 0.153. The number of rotatable bonds is 5. The summed E-state index contributed by atoms with van der Waals surface area (Å²) < 4.78 is 0. The normalized spacial score (nSPS) is 8.73. The molecule has 0 aliphatic heterocycles. The first kappa shape index (κ1) is 9.68. The molecule has 0 aromatic carbocycles. The van der Waals surface area contributed by atoms with E-state index in [0.717, 1.165) is 6.08 Å². The largest absolute Gasteiger partial charge is 0.481 e. The van der Waals surface area contributed by atoms with E-state index in [9.17, 15) is 9.59 Å². The molecule has 4 heteroatoms. The highest BCUT2D eigenvalue weighted by Crippen LogP contribution is 1.85. The maximum atomic E-state index is 10.5. The van der Waals surface area contributed by atoms with E-state index in [0.29, 0.717) is 13.0 Å². The van der Waals surface area contributed by atoms with Gasteiger partial charge in [-0.15, -0.1) is 0 Å². The van der Waals surface area contributed by atoms with Crippen LogP contribution < -0.4 is 5.32 Å². The molecule has 0 unspecified atom stereocenters. The van der Waals surface area contributed by atoms with Crippen LogP contribution in [0.2, 0.25) is 0 Å². The molecule has 0 saturated heterocycles. The van der Waals surface area contributed by atoms with E-state index in [1.54, 1.807) is 0 Å². The van der Waals surface area contributed by atoms with Crippen LogP contribution in [0.25, 0.3) is 0 Å². The number of carbonyl (C=O) groups excluding carboxylic acids is 1. The van der Waals surface area contributed by atoms with Gasteiger partial charge < -0.3 is 10.4 Å². The van der Waals surface area contributed by atoms with E-state index in [1.165, 1.54) is 0 Å². The number of amides is 1. The molecule has 62 valence electrons. The maximum absolute atomic E-state index is 10.5. The third-order valence-corrected chi connectivity index (χ3v) is 1.05. The Kier molecular flexibility index (Phi) is 4.81. The van der Waals surface area contributed by atoms with E-state index < -0.39 is 5.97 Å². The molecule has 11 heavy (non-hydrogen) atoms. The number of carboxylic acids is 1. The second-order valence-corrected chi connectivity index (χ2v) is 1.99. The lowest BCUT2D eigenvalue weighted by atomic mass is 10.3. The zero-order chi connectivity index (χ0) is 8.69. The fourth-order valence-electron chi connectivity index (χ4n) is 0.523. The van der Waals surface area contributed by atoms with E-state index >= 15 is 0 Å². The van der Waals surface area contributed by atoms with E-state index in [-0.39, 0.29) is 12.3 Å². The van der Waals surface area contributed by atoms with Crippen LogP contribution in [0.4, 0.5) is 0 Å². The van der Waals surface area contributed by atoms with Gasteiger partial charge in [0.1, 0.15) is 0 Å². The summed E-state index contributed by atoms with van der Waals surface area (Å²) in [5.74, 6) is -1.12. The van der Waals surface area contributed by atoms with Crippen molar-refractivity contribution in [3.8, 4) is 0 Å². The molecule has 0 aliphatic carbocycles.